The summed E-state index contributed by atoms with van der Waals surface area (Å²) in [6, 6.07) is 1.94. The van der Waals surface area contributed by atoms with Gasteiger partial charge in [-0.1, -0.05) is 6.92 Å². The standard InChI is InChI=1S/C11H19N3O2/c1-3-7-13(9-11(15)16)8-10-5-6-12-14(10)4-2/h5-6H,3-4,7-9H2,1-2H3,(H,15,16). The van der Waals surface area contributed by atoms with E-state index >= 15 is 0 Å². The molecule has 0 amide bonds. The van der Waals surface area contributed by atoms with Gasteiger partial charge in [-0.05, 0) is 26.0 Å². The smallest absolute Gasteiger partial charge is 0.317 e. The second kappa shape index (κ2) is 6.27. The highest BCUT2D eigenvalue weighted by molar-refractivity contribution is 5.69. The Hall–Kier alpha value is -1.36. The van der Waals surface area contributed by atoms with Gasteiger partial charge < -0.3 is 5.11 Å². The molecule has 1 N–H and O–H groups in total. The molecule has 0 aromatic carbocycles. The first-order chi connectivity index (χ1) is 7.67. The van der Waals surface area contributed by atoms with E-state index in [-0.39, 0.29) is 6.54 Å². The number of aromatic nitrogens is 2. The van der Waals surface area contributed by atoms with Crippen molar-refractivity contribution >= 4 is 5.97 Å². The monoisotopic (exact) mass is 225 g/mol. The molecular weight excluding hydrogens is 206 g/mol. The van der Waals surface area contributed by atoms with E-state index in [0.717, 1.165) is 25.2 Å². The third-order valence-electron chi connectivity index (χ3n) is 2.39. The fourth-order valence-electron chi connectivity index (χ4n) is 1.73. The first-order valence-electron chi connectivity index (χ1n) is 5.62. The van der Waals surface area contributed by atoms with Crippen LogP contribution in [0.4, 0.5) is 0 Å². The van der Waals surface area contributed by atoms with Crippen molar-refractivity contribution in [2.24, 2.45) is 0 Å². The average molecular weight is 225 g/mol. The Morgan fingerprint density at radius 3 is 2.88 bits per heavy atom. The Morgan fingerprint density at radius 2 is 2.31 bits per heavy atom. The number of carboxylic acid groups (broad SMARTS) is 1. The molecular formula is C11H19N3O2. The highest BCUT2D eigenvalue weighted by atomic mass is 16.4. The molecule has 0 radical (unpaired) electrons. The molecule has 0 fully saturated rings. The number of nitrogens with zero attached hydrogens (tertiary/aromatic N) is 3. The van der Waals surface area contributed by atoms with Gasteiger partial charge in [-0.25, -0.2) is 0 Å². The van der Waals surface area contributed by atoms with Crippen LogP contribution in [0.15, 0.2) is 12.3 Å². The Labute approximate surface area is 95.7 Å². The first-order valence-corrected chi connectivity index (χ1v) is 5.62. The predicted octanol–water partition coefficient (Wildman–Crippen LogP) is 1.20. The SMILES string of the molecule is CCCN(CC(=O)O)Cc1ccnn1CC. The summed E-state index contributed by atoms with van der Waals surface area (Å²) < 4.78 is 1.89. The Kier molecular flexibility index (Phi) is 4.98. The molecule has 0 spiro atoms. The van der Waals surface area contributed by atoms with E-state index in [2.05, 4.69) is 5.10 Å². The minimum Gasteiger partial charge on any atom is -0.480 e. The minimum absolute atomic E-state index is 0.0860. The molecule has 0 aliphatic carbocycles. The lowest BCUT2D eigenvalue weighted by molar-refractivity contribution is -0.138. The van der Waals surface area contributed by atoms with Gasteiger partial charge in [-0.2, -0.15) is 5.10 Å². The molecule has 1 aromatic rings. The van der Waals surface area contributed by atoms with Crippen molar-refractivity contribution in [1.82, 2.24) is 14.7 Å². The number of carbonyl (C=O) groups is 1. The maximum absolute atomic E-state index is 10.7. The maximum atomic E-state index is 10.7. The van der Waals surface area contributed by atoms with Crippen molar-refractivity contribution in [3.05, 3.63) is 18.0 Å². The lowest BCUT2D eigenvalue weighted by Crippen LogP contribution is -2.31. The Bertz CT molecular complexity index is 336. The lowest BCUT2D eigenvalue weighted by Gasteiger charge is -2.19. The largest absolute Gasteiger partial charge is 0.480 e. The number of hydrogen-bond donors (Lipinski definition) is 1. The summed E-state index contributed by atoms with van der Waals surface area (Å²) in [5, 5.41) is 13.0. The number of hydrogen-bond acceptors (Lipinski definition) is 3. The second-order valence-corrected chi connectivity index (χ2v) is 3.74. The van der Waals surface area contributed by atoms with Crippen LogP contribution in [-0.2, 0) is 17.9 Å². The number of aryl methyl sites for hydroxylation is 1. The third kappa shape index (κ3) is 3.66. The predicted molar refractivity (Wildman–Crippen MR) is 61.1 cm³/mol. The molecule has 1 heterocycles. The summed E-state index contributed by atoms with van der Waals surface area (Å²) in [6.45, 7) is 6.41. The van der Waals surface area contributed by atoms with Gasteiger partial charge in [0, 0.05) is 19.3 Å². The van der Waals surface area contributed by atoms with Gasteiger partial charge in [0.1, 0.15) is 0 Å². The quantitative estimate of drug-likeness (QED) is 0.757. The van der Waals surface area contributed by atoms with Crippen LogP contribution in [0.25, 0.3) is 0 Å². The van der Waals surface area contributed by atoms with E-state index in [1.165, 1.54) is 0 Å². The van der Waals surface area contributed by atoms with Crippen molar-refractivity contribution < 1.29 is 9.90 Å². The van der Waals surface area contributed by atoms with Crippen molar-refractivity contribution in [1.29, 1.82) is 0 Å². The summed E-state index contributed by atoms with van der Waals surface area (Å²) in [7, 11) is 0. The van der Waals surface area contributed by atoms with Gasteiger partial charge in [-0.3, -0.25) is 14.4 Å². The van der Waals surface area contributed by atoms with Crippen LogP contribution in [0.1, 0.15) is 26.0 Å². The van der Waals surface area contributed by atoms with E-state index < -0.39 is 5.97 Å². The van der Waals surface area contributed by atoms with Crippen molar-refractivity contribution in [3.63, 3.8) is 0 Å². The van der Waals surface area contributed by atoms with Crippen molar-refractivity contribution in [3.8, 4) is 0 Å². The fraction of sp³-hybridized carbons (Fsp3) is 0.636. The number of carboxylic acids is 1. The summed E-state index contributed by atoms with van der Waals surface area (Å²) >= 11 is 0. The summed E-state index contributed by atoms with van der Waals surface area (Å²) in [5.41, 5.74) is 1.07. The molecule has 16 heavy (non-hydrogen) atoms. The van der Waals surface area contributed by atoms with Crippen LogP contribution < -0.4 is 0 Å². The second-order valence-electron chi connectivity index (χ2n) is 3.74. The maximum Gasteiger partial charge on any atom is 0.317 e. The highest BCUT2D eigenvalue weighted by Crippen LogP contribution is 2.05. The molecule has 0 aliphatic rings. The highest BCUT2D eigenvalue weighted by Gasteiger charge is 2.11. The van der Waals surface area contributed by atoms with E-state index in [1.807, 2.05) is 29.5 Å². The van der Waals surface area contributed by atoms with Gasteiger partial charge >= 0.3 is 5.97 Å². The van der Waals surface area contributed by atoms with Crippen LogP contribution in [0, 0.1) is 0 Å². The molecule has 0 bridgehead atoms. The summed E-state index contributed by atoms with van der Waals surface area (Å²) in [4.78, 5) is 12.6. The molecule has 5 heteroatoms. The number of aliphatic carboxylic acids is 1. The Balaban J connectivity index is 2.63. The topological polar surface area (TPSA) is 58.4 Å². The normalized spacial score (nSPS) is 10.9. The molecule has 0 saturated carbocycles. The van der Waals surface area contributed by atoms with E-state index in [1.54, 1.807) is 6.20 Å². The third-order valence-corrected chi connectivity index (χ3v) is 2.39. The van der Waals surface area contributed by atoms with Crippen molar-refractivity contribution in [2.45, 2.75) is 33.4 Å². The van der Waals surface area contributed by atoms with E-state index in [0.29, 0.717) is 6.54 Å². The lowest BCUT2D eigenvalue weighted by atomic mass is 10.3. The molecule has 0 unspecified atom stereocenters. The van der Waals surface area contributed by atoms with Gasteiger partial charge in [0.2, 0.25) is 0 Å². The molecule has 5 nitrogen and oxygen atoms in total. The van der Waals surface area contributed by atoms with Crippen LogP contribution in [0.2, 0.25) is 0 Å². The molecule has 0 aliphatic heterocycles. The van der Waals surface area contributed by atoms with Gasteiger partial charge in [-0.15, -0.1) is 0 Å². The first kappa shape index (κ1) is 12.7. The van der Waals surface area contributed by atoms with Gasteiger partial charge in [0.15, 0.2) is 0 Å². The summed E-state index contributed by atoms with van der Waals surface area (Å²) in [5.74, 6) is -0.781. The van der Waals surface area contributed by atoms with E-state index in [4.69, 9.17) is 5.11 Å². The van der Waals surface area contributed by atoms with Gasteiger partial charge in [0.25, 0.3) is 0 Å². The molecule has 1 rings (SSSR count). The zero-order chi connectivity index (χ0) is 12.0. The van der Waals surface area contributed by atoms with Crippen molar-refractivity contribution in [2.75, 3.05) is 13.1 Å². The summed E-state index contributed by atoms with van der Waals surface area (Å²) in [6.07, 6.45) is 2.71. The van der Waals surface area contributed by atoms with Crippen LogP contribution in [-0.4, -0.2) is 38.8 Å². The fourth-order valence-corrected chi connectivity index (χ4v) is 1.73. The van der Waals surface area contributed by atoms with Crippen LogP contribution in [0.5, 0.6) is 0 Å². The van der Waals surface area contributed by atoms with E-state index in [9.17, 15) is 4.79 Å². The van der Waals surface area contributed by atoms with Crippen LogP contribution in [0.3, 0.4) is 0 Å². The zero-order valence-corrected chi connectivity index (χ0v) is 9.89. The van der Waals surface area contributed by atoms with Gasteiger partial charge in [0.05, 0.1) is 12.2 Å². The molecule has 1 aromatic heterocycles. The Morgan fingerprint density at radius 1 is 1.56 bits per heavy atom. The zero-order valence-electron chi connectivity index (χ0n) is 9.89. The van der Waals surface area contributed by atoms with Crippen LogP contribution >= 0.6 is 0 Å². The molecule has 0 saturated heterocycles. The molecule has 0 atom stereocenters. The minimum atomic E-state index is -0.781. The molecule has 90 valence electrons. The number of rotatable bonds is 7. The average Bonchev–Trinajstić information content (AvgIpc) is 2.64.